The first-order valence-electron chi connectivity index (χ1n) is 4.62. The molecule has 80 valence electrons. The van der Waals surface area contributed by atoms with Crippen LogP contribution >= 0.6 is 0 Å². The van der Waals surface area contributed by atoms with Crippen molar-refractivity contribution < 1.29 is 5.21 Å². The Morgan fingerprint density at radius 3 is 2.75 bits per heavy atom. The van der Waals surface area contributed by atoms with E-state index in [0.717, 1.165) is 0 Å². The molecular weight excluding hydrogens is 206 g/mol. The summed E-state index contributed by atoms with van der Waals surface area (Å²) in [6.45, 7) is 0. The van der Waals surface area contributed by atoms with Crippen LogP contribution in [-0.4, -0.2) is 30.9 Å². The number of nitrogens with zero attached hydrogens (tertiary/aromatic N) is 5. The van der Waals surface area contributed by atoms with Gasteiger partial charge in [0.1, 0.15) is 12.0 Å². The van der Waals surface area contributed by atoms with Crippen molar-refractivity contribution in [3.63, 3.8) is 0 Å². The van der Waals surface area contributed by atoms with Gasteiger partial charge in [-0.05, 0) is 6.07 Å². The monoisotopic (exact) mass is 215 g/mol. The van der Waals surface area contributed by atoms with Crippen molar-refractivity contribution in [1.29, 1.82) is 0 Å². The minimum atomic E-state index is 0.376. The molecule has 16 heavy (non-hydrogen) atoms. The van der Waals surface area contributed by atoms with Crippen molar-refractivity contribution in [2.45, 2.75) is 6.42 Å². The molecule has 0 atom stereocenters. The lowest BCUT2D eigenvalue weighted by atomic mass is 10.1. The maximum Gasteiger partial charge on any atom is 0.116 e. The SMILES string of the molecule is ON=C(Cc1cnccn1)c1ccncn1. The van der Waals surface area contributed by atoms with E-state index in [1.165, 1.54) is 6.33 Å². The Labute approximate surface area is 91.7 Å². The number of rotatable bonds is 3. The minimum Gasteiger partial charge on any atom is -0.411 e. The van der Waals surface area contributed by atoms with Gasteiger partial charge in [-0.15, -0.1) is 0 Å². The highest BCUT2D eigenvalue weighted by atomic mass is 16.4. The third-order valence-electron chi connectivity index (χ3n) is 1.96. The molecule has 0 aromatic carbocycles. The Morgan fingerprint density at radius 1 is 1.19 bits per heavy atom. The van der Waals surface area contributed by atoms with Gasteiger partial charge in [0.05, 0.1) is 11.4 Å². The molecule has 2 aromatic rings. The van der Waals surface area contributed by atoms with E-state index >= 15 is 0 Å². The molecule has 0 aliphatic rings. The van der Waals surface area contributed by atoms with Gasteiger partial charge in [0.2, 0.25) is 0 Å². The summed E-state index contributed by atoms with van der Waals surface area (Å²) in [4.78, 5) is 15.8. The van der Waals surface area contributed by atoms with Crippen LogP contribution in [0.1, 0.15) is 11.4 Å². The van der Waals surface area contributed by atoms with E-state index < -0.39 is 0 Å². The maximum absolute atomic E-state index is 8.92. The zero-order valence-electron chi connectivity index (χ0n) is 8.35. The van der Waals surface area contributed by atoms with Crippen molar-refractivity contribution >= 4 is 5.71 Å². The van der Waals surface area contributed by atoms with E-state index in [1.807, 2.05) is 0 Å². The summed E-state index contributed by atoms with van der Waals surface area (Å²) in [5, 5.41) is 12.1. The number of hydrogen-bond acceptors (Lipinski definition) is 6. The van der Waals surface area contributed by atoms with Gasteiger partial charge in [-0.2, -0.15) is 0 Å². The zero-order valence-corrected chi connectivity index (χ0v) is 8.35. The molecule has 2 rings (SSSR count). The third kappa shape index (κ3) is 2.35. The molecule has 2 aromatic heterocycles. The van der Waals surface area contributed by atoms with Gasteiger partial charge in [0.15, 0.2) is 0 Å². The van der Waals surface area contributed by atoms with Crippen molar-refractivity contribution in [3.8, 4) is 0 Å². The van der Waals surface area contributed by atoms with Crippen LogP contribution in [0.15, 0.2) is 42.3 Å². The van der Waals surface area contributed by atoms with Gasteiger partial charge >= 0.3 is 0 Å². The summed E-state index contributed by atoms with van der Waals surface area (Å²) in [5.74, 6) is 0. The fraction of sp³-hybridized carbons (Fsp3) is 0.100. The quantitative estimate of drug-likeness (QED) is 0.462. The van der Waals surface area contributed by atoms with Gasteiger partial charge < -0.3 is 5.21 Å². The molecule has 0 aliphatic heterocycles. The topological polar surface area (TPSA) is 84.2 Å². The standard InChI is InChI=1S/C10H9N5O/c16-15-10(9-1-2-12-7-14-9)5-8-6-11-3-4-13-8/h1-4,6-7,16H,5H2. The average Bonchev–Trinajstić information content (AvgIpc) is 2.38. The van der Waals surface area contributed by atoms with E-state index in [4.69, 9.17) is 5.21 Å². The predicted octanol–water partition coefficient (Wildman–Crippen LogP) is 0.688. The van der Waals surface area contributed by atoms with E-state index in [-0.39, 0.29) is 0 Å². The Bertz CT molecular complexity index is 471. The van der Waals surface area contributed by atoms with Crippen LogP contribution in [0.5, 0.6) is 0 Å². The van der Waals surface area contributed by atoms with Crippen LogP contribution in [0, 0.1) is 0 Å². The normalized spacial score (nSPS) is 11.4. The van der Waals surface area contributed by atoms with E-state index in [2.05, 4.69) is 25.1 Å². The molecule has 6 heteroatoms. The second-order valence-electron chi connectivity index (χ2n) is 3.01. The van der Waals surface area contributed by atoms with Gasteiger partial charge in [-0.25, -0.2) is 9.97 Å². The highest BCUT2D eigenvalue weighted by molar-refractivity contribution is 5.99. The van der Waals surface area contributed by atoms with Gasteiger partial charge in [-0.1, -0.05) is 5.16 Å². The van der Waals surface area contributed by atoms with Crippen molar-refractivity contribution in [1.82, 2.24) is 19.9 Å². The fourth-order valence-electron chi connectivity index (χ4n) is 1.23. The van der Waals surface area contributed by atoms with Gasteiger partial charge in [-0.3, -0.25) is 9.97 Å². The summed E-state index contributed by atoms with van der Waals surface area (Å²) in [6.07, 6.45) is 8.16. The maximum atomic E-state index is 8.92. The molecule has 0 unspecified atom stereocenters. The first kappa shape index (κ1) is 10.2. The molecule has 2 heterocycles. The number of hydrogen-bond donors (Lipinski definition) is 1. The first-order chi connectivity index (χ1) is 7.90. The molecule has 0 saturated heterocycles. The van der Waals surface area contributed by atoms with Gasteiger partial charge in [0, 0.05) is 31.2 Å². The smallest absolute Gasteiger partial charge is 0.116 e. The van der Waals surface area contributed by atoms with Gasteiger partial charge in [0.25, 0.3) is 0 Å². The Balaban J connectivity index is 2.20. The third-order valence-corrected chi connectivity index (χ3v) is 1.96. The lowest BCUT2D eigenvalue weighted by Crippen LogP contribution is -2.09. The highest BCUT2D eigenvalue weighted by Crippen LogP contribution is 2.02. The van der Waals surface area contributed by atoms with Crippen LogP contribution in [0.2, 0.25) is 0 Å². The molecule has 0 aliphatic carbocycles. The molecule has 0 spiro atoms. The second kappa shape index (κ2) is 4.92. The predicted molar refractivity (Wildman–Crippen MR) is 56.1 cm³/mol. The van der Waals surface area contributed by atoms with E-state index in [9.17, 15) is 0 Å². The summed E-state index contributed by atoms with van der Waals surface area (Å²) in [7, 11) is 0. The van der Waals surface area contributed by atoms with Crippen molar-refractivity contribution in [2.75, 3.05) is 0 Å². The lowest BCUT2D eigenvalue weighted by molar-refractivity contribution is 0.318. The molecule has 0 fully saturated rings. The zero-order chi connectivity index (χ0) is 11.2. The molecule has 0 saturated carbocycles. The van der Waals surface area contributed by atoms with Crippen LogP contribution in [0.3, 0.4) is 0 Å². The average molecular weight is 215 g/mol. The number of aromatic nitrogens is 4. The first-order valence-corrected chi connectivity index (χ1v) is 4.62. The molecule has 6 nitrogen and oxygen atoms in total. The van der Waals surface area contributed by atoms with Crippen LogP contribution in [0.4, 0.5) is 0 Å². The molecular formula is C10H9N5O. The second-order valence-corrected chi connectivity index (χ2v) is 3.01. The fourth-order valence-corrected chi connectivity index (χ4v) is 1.23. The van der Waals surface area contributed by atoms with Crippen molar-refractivity contribution in [2.24, 2.45) is 5.16 Å². The summed E-state index contributed by atoms with van der Waals surface area (Å²) < 4.78 is 0. The summed E-state index contributed by atoms with van der Waals surface area (Å²) in [5.41, 5.74) is 1.72. The lowest BCUT2D eigenvalue weighted by Gasteiger charge is -2.01. The number of oxime groups is 1. The van der Waals surface area contributed by atoms with Crippen molar-refractivity contribution in [3.05, 3.63) is 48.6 Å². The summed E-state index contributed by atoms with van der Waals surface area (Å²) >= 11 is 0. The molecule has 0 radical (unpaired) electrons. The van der Waals surface area contributed by atoms with E-state index in [1.54, 1.807) is 30.9 Å². The Kier molecular flexibility index (Phi) is 3.12. The van der Waals surface area contributed by atoms with Crippen LogP contribution < -0.4 is 0 Å². The summed E-state index contributed by atoms with van der Waals surface area (Å²) in [6, 6.07) is 1.67. The minimum absolute atomic E-state index is 0.376. The van der Waals surface area contributed by atoms with E-state index in [0.29, 0.717) is 23.5 Å². The molecule has 0 amide bonds. The highest BCUT2D eigenvalue weighted by Gasteiger charge is 2.07. The molecule has 1 N–H and O–H groups in total. The van der Waals surface area contributed by atoms with Crippen LogP contribution in [-0.2, 0) is 6.42 Å². The van der Waals surface area contributed by atoms with Crippen LogP contribution in [0.25, 0.3) is 0 Å². The largest absolute Gasteiger partial charge is 0.411 e. The Hall–Kier alpha value is -2.37. The Morgan fingerprint density at radius 2 is 2.12 bits per heavy atom. The molecule has 0 bridgehead atoms.